The molecule has 0 fully saturated rings. The summed E-state index contributed by atoms with van der Waals surface area (Å²) in [6, 6.07) is 8.19. The Balaban J connectivity index is 2.19. The van der Waals surface area contributed by atoms with Crippen molar-refractivity contribution >= 4 is 11.6 Å². The summed E-state index contributed by atoms with van der Waals surface area (Å²) in [5, 5.41) is 9.50. The number of para-hydroxylation sites is 1. The first-order chi connectivity index (χ1) is 9.11. The summed E-state index contributed by atoms with van der Waals surface area (Å²) in [5.41, 5.74) is 0.722. The number of ether oxygens (including phenoxy) is 1. The molecule has 100 valence electrons. The second kappa shape index (κ2) is 5.99. The quantitative estimate of drug-likeness (QED) is 0.928. The number of aliphatic hydroxyl groups excluding tert-OH is 1. The van der Waals surface area contributed by atoms with E-state index in [-0.39, 0.29) is 18.8 Å². The third-order valence-corrected chi connectivity index (χ3v) is 2.90. The zero-order valence-corrected chi connectivity index (χ0v) is 10.6. The first kappa shape index (κ1) is 13.8. The lowest BCUT2D eigenvalue weighted by atomic mass is 10.2. The highest BCUT2D eigenvalue weighted by Gasteiger charge is 2.10. The minimum absolute atomic E-state index is 0.0944. The van der Waals surface area contributed by atoms with Gasteiger partial charge < -0.3 is 9.84 Å². The fourth-order valence-corrected chi connectivity index (χ4v) is 1.88. The molecule has 0 atom stereocenters. The SMILES string of the molecule is OCc1cccc(Cl)c1OCc1ccc(F)cc1F. The van der Waals surface area contributed by atoms with Crippen LogP contribution in [0.5, 0.6) is 5.75 Å². The van der Waals surface area contributed by atoms with Crippen molar-refractivity contribution in [2.24, 2.45) is 0 Å². The molecule has 2 rings (SSSR count). The first-order valence-electron chi connectivity index (χ1n) is 5.57. The molecule has 1 N–H and O–H groups in total. The number of benzene rings is 2. The van der Waals surface area contributed by atoms with Gasteiger partial charge in [-0.2, -0.15) is 0 Å². The summed E-state index contributed by atoms with van der Waals surface area (Å²) >= 11 is 5.95. The average molecular weight is 285 g/mol. The first-order valence-corrected chi connectivity index (χ1v) is 5.94. The summed E-state index contributed by atoms with van der Waals surface area (Å²) < 4.78 is 31.6. The molecule has 0 saturated heterocycles. The van der Waals surface area contributed by atoms with Crippen molar-refractivity contribution in [1.29, 1.82) is 0 Å². The largest absolute Gasteiger partial charge is 0.487 e. The Morgan fingerprint density at radius 2 is 1.89 bits per heavy atom. The molecule has 2 nitrogen and oxygen atoms in total. The van der Waals surface area contributed by atoms with E-state index in [2.05, 4.69) is 0 Å². The molecule has 0 unspecified atom stereocenters. The lowest BCUT2D eigenvalue weighted by Gasteiger charge is -2.12. The van der Waals surface area contributed by atoms with E-state index in [1.807, 2.05) is 0 Å². The maximum atomic E-state index is 13.4. The van der Waals surface area contributed by atoms with E-state index >= 15 is 0 Å². The Hall–Kier alpha value is -1.65. The van der Waals surface area contributed by atoms with Crippen molar-refractivity contribution in [3.05, 3.63) is 64.2 Å². The highest BCUT2D eigenvalue weighted by Crippen LogP contribution is 2.29. The molecule has 5 heteroatoms. The lowest BCUT2D eigenvalue weighted by Crippen LogP contribution is -2.02. The molecule has 0 aromatic heterocycles. The van der Waals surface area contributed by atoms with Crippen molar-refractivity contribution in [3.8, 4) is 5.75 Å². The van der Waals surface area contributed by atoms with Crippen molar-refractivity contribution in [2.75, 3.05) is 0 Å². The maximum Gasteiger partial charge on any atom is 0.143 e. The molecular weight excluding hydrogens is 274 g/mol. The van der Waals surface area contributed by atoms with Crippen LogP contribution in [0.3, 0.4) is 0 Å². The second-order valence-corrected chi connectivity index (χ2v) is 4.32. The van der Waals surface area contributed by atoms with E-state index in [0.29, 0.717) is 16.3 Å². The highest BCUT2D eigenvalue weighted by molar-refractivity contribution is 6.32. The summed E-state index contributed by atoms with van der Waals surface area (Å²) in [5.74, 6) is -1.02. The second-order valence-electron chi connectivity index (χ2n) is 3.91. The summed E-state index contributed by atoms with van der Waals surface area (Å²) in [4.78, 5) is 0. The molecule has 0 aliphatic rings. The monoisotopic (exact) mass is 284 g/mol. The zero-order chi connectivity index (χ0) is 13.8. The van der Waals surface area contributed by atoms with Gasteiger partial charge in [-0.25, -0.2) is 8.78 Å². The Kier molecular flexibility index (Phi) is 4.35. The lowest BCUT2D eigenvalue weighted by molar-refractivity contribution is 0.257. The van der Waals surface area contributed by atoms with E-state index in [1.54, 1.807) is 18.2 Å². The zero-order valence-electron chi connectivity index (χ0n) is 9.87. The molecule has 0 bridgehead atoms. The van der Waals surface area contributed by atoms with Gasteiger partial charge in [0, 0.05) is 17.2 Å². The van der Waals surface area contributed by atoms with Gasteiger partial charge in [0.2, 0.25) is 0 Å². The van der Waals surface area contributed by atoms with Crippen LogP contribution in [-0.2, 0) is 13.2 Å². The molecule has 0 radical (unpaired) electrons. The fraction of sp³-hybridized carbons (Fsp3) is 0.143. The summed E-state index contributed by atoms with van der Waals surface area (Å²) in [6.45, 7) is -0.329. The van der Waals surface area contributed by atoms with Crippen LogP contribution in [0.15, 0.2) is 36.4 Å². The molecule has 0 saturated carbocycles. The van der Waals surface area contributed by atoms with E-state index in [1.165, 1.54) is 6.07 Å². The van der Waals surface area contributed by atoms with Crippen LogP contribution >= 0.6 is 11.6 Å². The number of halogens is 3. The normalized spacial score (nSPS) is 10.5. The summed E-state index contributed by atoms with van der Waals surface area (Å²) in [7, 11) is 0. The van der Waals surface area contributed by atoms with Gasteiger partial charge in [-0.1, -0.05) is 23.7 Å². The molecule has 0 spiro atoms. The standard InChI is InChI=1S/C14H11ClF2O2/c15-12-3-1-2-9(7-18)14(12)19-8-10-4-5-11(16)6-13(10)17/h1-6,18H,7-8H2. The van der Waals surface area contributed by atoms with Crippen LogP contribution < -0.4 is 4.74 Å². The number of hydrogen-bond acceptors (Lipinski definition) is 2. The van der Waals surface area contributed by atoms with Gasteiger partial charge >= 0.3 is 0 Å². The van der Waals surface area contributed by atoms with Crippen LogP contribution in [0.4, 0.5) is 8.78 Å². The highest BCUT2D eigenvalue weighted by atomic mass is 35.5. The number of aliphatic hydroxyl groups is 1. The van der Waals surface area contributed by atoms with Crippen molar-refractivity contribution in [3.63, 3.8) is 0 Å². The molecule has 2 aromatic rings. The van der Waals surface area contributed by atoms with Crippen LogP contribution in [0, 0.1) is 11.6 Å². The van der Waals surface area contributed by atoms with E-state index < -0.39 is 11.6 Å². The van der Waals surface area contributed by atoms with E-state index in [4.69, 9.17) is 21.4 Å². The summed E-state index contributed by atoms with van der Waals surface area (Å²) in [6.07, 6.45) is 0. The van der Waals surface area contributed by atoms with Crippen molar-refractivity contribution in [1.82, 2.24) is 0 Å². The third kappa shape index (κ3) is 3.22. The minimum atomic E-state index is -0.683. The van der Waals surface area contributed by atoms with Crippen LogP contribution in [-0.4, -0.2) is 5.11 Å². The molecule has 0 heterocycles. The Morgan fingerprint density at radius 1 is 1.11 bits per heavy atom. The van der Waals surface area contributed by atoms with Gasteiger partial charge in [0.25, 0.3) is 0 Å². The van der Waals surface area contributed by atoms with E-state index in [9.17, 15) is 8.78 Å². The number of hydrogen-bond donors (Lipinski definition) is 1. The van der Waals surface area contributed by atoms with Crippen LogP contribution in [0.2, 0.25) is 5.02 Å². The third-order valence-electron chi connectivity index (χ3n) is 2.61. The Labute approximate surface area is 114 Å². The van der Waals surface area contributed by atoms with Gasteiger partial charge in [-0.15, -0.1) is 0 Å². The number of rotatable bonds is 4. The average Bonchev–Trinajstić information content (AvgIpc) is 2.39. The van der Waals surface area contributed by atoms with E-state index in [0.717, 1.165) is 12.1 Å². The van der Waals surface area contributed by atoms with Gasteiger partial charge in [0.15, 0.2) is 0 Å². The molecule has 0 amide bonds. The molecule has 0 aliphatic heterocycles. The Morgan fingerprint density at radius 3 is 2.58 bits per heavy atom. The molecule has 0 aliphatic carbocycles. The van der Waals surface area contributed by atoms with Gasteiger partial charge in [0.05, 0.1) is 11.6 Å². The minimum Gasteiger partial charge on any atom is -0.487 e. The topological polar surface area (TPSA) is 29.5 Å². The fourth-order valence-electron chi connectivity index (χ4n) is 1.63. The predicted molar refractivity (Wildman–Crippen MR) is 68.1 cm³/mol. The smallest absolute Gasteiger partial charge is 0.143 e. The molecule has 2 aromatic carbocycles. The Bertz CT molecular complexity index is 588. The van der Waals surface area contributed by atoms with Crippen LogP contribution in [0.1, 0.15) is 11.1 Å². The maximum absolute atomic E-state index is 13.4. The predicted octanol–water partition coefficient (Wildman–Crippen LogP) is 3.69. The van der Waals surface area contributed by atoms with Crippen molar-refractivity contribution < 1.29 is 18.6 Å². The van der Waals surface area contributed by atoms with Crippen LogP contribution in [0.25, 0.3) is 0 Å². The molecule has 19 heavy (non-hydrogen) atoms. The van der Waals surface area contributed by atoms with Crippen molar-refractivity contribution in [2.45, 2.75) is 13.2 Å². The van der Waals surface area contributed by atoms with Gasteiger partial charge in [-0.3, -0.25) is 0 Å². The molecular formula is C14H11ClF2O2. The van der Waals surface area contributed by atoms with Gasteiger partial charge in [-0.05, 0) is 18.2 Å². The van der Waals surface area contributed by atoms with Gasteiger partial charge in [0.1, 0.15) is 24.0 Å².